The number of fused-ring (bicyclic) bond motifs is 1. The van der Waals surface area contributed by atoms with Gasteiger partial charge < -0.3 is 15.0 Å². The summed E-state index contributed by atoms with van der Waals surface area (Å²) in [4.78, 5) is 16.0. The van der Waals surface area contributed by atoms with Crippen LogP contribution < -0.4 is 5.32 Å². The Labute approximate surface area is 196 Å². The molecule has 0 radical (unpaired) electrons. The Balaban J connectivity index is 1.37. The van der Waals surface area contributed by atoms with Crippen LogP contribution in [-0.2, 0) is 22.5 Å². The zero-order valence-corrected chi connectivity index (χ0v) is 19.4. The molecule has 1 fully saturated rings. The molecule has 170 valence electrons. The molecule has 1 aliphatic rings. The number of rotatable bonds is 8. The average molecular weight is 462 g/mol. The predicted molar refractivity (Wildman–Crippen MR) is 131 cm³/mol. The van der Waals surface area contributed by atoms with Crippen molar-refractivity contribution in [3.8, 4) is 11.4 Å². The second-order valence-corrected chi connectivity index (χ2v) is 9.13. The van der Waals surface area contributed by atoms with Gasteiger partial charge in [-0.05, 0) is 43.0 Å². The van der Waals surface area contributed by atoms with Gasteiger partial charge in [0, 0.05) is 35.0 Å². The van der Waals surface area contributed by atoms with Crippen LogP contribution in [0.1, 0.15) is 25.3 Å². The molecule has 1 amide bonds. The number of aromatic nitrogens is 4. The molecular formula is C25H27N5O2S. The minimum absolute atomic E-state index is 0.0615. The molecule has 1 saturated heterocycles. The van der Waals surface area contributed by atoms with E-state index in [9.17, 15) is 4.79 Å². The highest BCUT2D eigenvalue weighted by Gasteiger charge is 2.23. The first kappa shape index (κ1) is 21.7. The molecule has 1 aliphatic heterocycles. The Morgan fingerprint density at radius 1 is 1.24 bits per heavy atom. The lowest BCUT2D eigenvalue weighted by atomic mass is 10.1. The number of anilines is 1. The molecular weight excluding hydrogens is 434 g/mol. The van der Waals surface area contributed by atoms with Gasteiger partial charge in [0.1, 0.15) is 0 Å². The van der Waals surface area contributed by atoms with E-state index in [1.165, 1.54) is 17.3 Å². The zero-order valence-electron chi connectivity index (χ0n) is 18.6. The van der Waals surface area contributed by atoms with Crippen molar-refractivity contribution in [3.05, 3.63) is 60.3 Å². The smallest absolute Gasteiger partial charge is 0.234 e. The first-order chi connectivity index (χ1) is 16.2. The fourth-order valence-corrected chi connectivity index (χ4v) is 4.95. The first-order valence-electron chi connectivity index (χ1n) is 11.3. The first-order valence-corrected chi connectivity index (χ1v) is 12.3. The van der Waals surface area contributed by atoms with E-state index in [0.29, 0.717) is 6.54 Å². The van der Waals surface area contributed by atoms with Gasteiger partial charge in [-0.1, -0.05) is 49.0 Å². The topological polar surface area (TPSA) is 84.8 Å². The van der Waals surface area contributed by atoms with E-state index in [2.05, 4.69) is 44.1 Å². The van der Waals surface area contributed by atoms with Crippen LogP contribution >= 0.6 is 11.8 Å². The van der Waals surface area contributed by atoms with Gasteiger partial charge in [-0.25, -0.2) is 0 Å². The highest BCUT2D eigenvalue weighted by Crippen LogP contribution is 2.31. The molecule has 33 heavy (non-hydrogen) atoms. The number of carbonyl (C=O) groups is 1. The Bertz CT molecular complexity index is 1260. The molecule has 0 bridgehead atoms. The zero-order chi connectivity index (χ0) is 22.6. The fraction of sp³-hybridized carbons (Fsp3) is 0.320. The normalized spacial score (nSPS) is 15.8. The number of aryl methyl sites for hydroxylation is 1. The third-order valence-electron chi connectivity index (χ3n) is 5.91. The molecule has 8 heteroatoms. The van der Waals surface area contributed by atoms with Crippen LogP contribution in [0.2, 0.25) is 0 Å². The Morgan fingerprint density at radius 3 is 3.00 bits per heavy atom. The van der Waals surface area contributed by atoms with Crippen molar-refractivity contribution in [3.63, 3.8) is 0 Å². The van der Waals surface area contributed by atoms with E-state index < -0.39 is 0 Å². The molecule has 3 heterocycles. The minimum Gasteiger partial charge on any atom is -0.376 e. The minimum atomic E-state index is -0.0615. The summed E-state index contributed by atoms with van der Waals surface area (Å²) in [5.41, 5.74) is 4.08. The molecule has 1 atom stereocenters. The molecule has 0 spiro atoms. The number of amides is 1. The number of H-pyrrole nitrogens is 1. The van der Waals surface area contributed by atoms with Crippen LogP contribution in [0.15, 0.2) is 59.9 Å². The van der Waals surface area contributed by atoms with Crippen molar-refractivity contribution in [2.45, 2.75) is 44.0 Å². The lowest BCUT2D eigenvalue weighted by Crippen LogP contribution is -2.18. The number of ether oxygens (including phenoxy) is 1. The summed E-state index contributed by atoms with van der Waals surface area (Å²) >= 11 is 1.40. The monoisotopic (exact) mass is 461 g/mol. The van der Waals surface area contributed by atoms with Gasteiger partial charge in [0.2, 0.25) is 5.91 Å². The summed E-state index contributed by atoms with van der Waals surface area (Å²) in [6, 6.07) is 16.1. The standard InChI is InChI=1S/C25H27N5O2S/c1-2-17-7-5-8-18(13-17)27-23(31)16-33-25-29-28-24(30(25)15-19-9-6-12-32-19)21-14-26-22-11-4-3-10-20(21)22/h3-5,7-8,10-11,13-14,19,26H,2,6,9,12,15-16H2,1H3,(H,27,31). The lowest BCUT2D eigenvalue weighted by Gasteiger charge is -2.14. The number of carbonyl (C=O) groups excluding carboxylic acids is 1. The number of nitrogens with one attached hydrogen (secondary N) is 2. The highest BCUT2D eigenvalue weighted by atomic mass is 32.2. The van der Waals surface area contributed by atoms with Crippen LogP contribution in [-0.4, -0.2) is 44.1 Å². The fourth-order valence-electron chi connectivity index (χ4n) is 4.20. The molecule has 1 unspecified atom stereocenters. The molecule has 4 aromatic rings. The van der Waals surface area contributed by atoms with E-state index in [1.54, 1.807) is 0 Å². The molecule has 2 aromatic carbocycles. The summed E-state index contributed by atoms with van der Waals surface area (Å²) in [6.07, 6.45) is 5.13. The second-order valence-electron chi connectivity index (χ2n) is 8.19. The van der Waals surface area contributed by atoms with Crippen molar-refractivity contribution in [1.29, 1.82) is 0 Å². The number of hydrogen-bond donors (Lipinski definition) is 2. The Morgan fingerprint density at radius 2 is 2.15 bits per heavy atom. The van der Waals surface area contributed by atoms with Crippen LogP contribution in [0.5, 0.6) is 0 Å². The third kappa shape index (κ3) is 4.82. The van der Waals surface area contributed by atoms with Gasteiger partial charge in [-0.3, -0.25) is 9.36 Å². The van der Waals surface area contributed by atoms with Crippen molar-refractivity contribution in [2.24, 2.45) is 0 Å². The Hall–Kier alpha value is -3.10. The van der Waals surface area contributed by atoms with Crippen molar-refractivity contribution in [2.75, 3.05) is 17.7 Å². The van der Waals surface area contributed by atoms with E-state index in [0.717, 1.165) is 59.0 Å². The number of thioether (sulfide) groups is 1. The van der Waals surface area contributed by atoms with Gasteiger partial charge >= 0.3 is 0 Å². The Kier molecular flexibility index (Phi) is 6.46. The van der Waals surface area contributed by atoms with Crippen LogP contribution in [0.3, 0.4) is 0 Å². The maximum Gasteiger partial charge on any atom is 0.234 e. The number of benzene rings is 2. The molecule has 2 aromatic heterocycles. The van der Waals surface area contributed by atoms with Gasteiger partial charge in [0.25, 0.3) is 0 Å². The van der Waals surface area contributed by atoms with Crippen LogP contribution in [0, 0.1) is 0 Å². The predicted octanol–water partition coefficient (Wildman–Crippen LogP) is 4.90. The third-order valence-corrected chi connectivity index (χ3v) is 6.88. The maximum atomic E-state index is 12.6. The molecule has 2 N–H and O–H groups in total. The summed E-state index contributed by atoms with van der Waals surface area (Å²) in [5, 5.41) is 13.8. The number of aromatic amines is 1. The van der Waals surface area contributed by atoms with E-state index in [-0.39, 0.29) is 17.8 Å². The van der Waals surface area contributed by atoms with Crippen molar-refractivity contribution < 1.29 is 9.53 Å². The van der Waals surface area contributed by atoms with Crippen LogP contribution in [0.4, 0.5) is 5.69 Å². The van der Waals surface area contributed by atoms with Crippen molar-refractivity contribution >= 4 is 34.3 Å². The quantitative estimate of drug-likeness (QED) is 0.365. The molecule has 5 rings (SSSR count). The number of para-hydroxylation sites is 1. The van der Waals surface area contributed by atoms with Crippen LogP contribution in [0.25, 0.3) is 22.3 Å². The van der Waals surface area contributed by atoms with Gasteiger partial charge in [-0.15, -0.1) is 10.2 Å². The average Bonchev–Trinajstić information content (AvgIpc) is 3.58. The summed E-state index contributed by atoms with van der Waals surface area (Å²) in [7, 11) is 0. The maximum absolute atomic E-state index is 12.6. The van der Waals surface area contributed by atoms with Gasteiger partial charge in [0.05, 0.1) is 18.4 Å². The highest BCUT2D eigenvalue weighted by molar-refractivity contribution is 7.99. The van der Waals surface area contributed by atoms with E-state index in [1.807, 2.05) is 42.6 Å². The molecule has 7 nitrogen and oxygen atoms in total. The lowest BCUT2D eigenvalue weighted by molar-refractivity contribution is -0.113. The molecule has 0 aliphatic carbocycles. The number of hydrogen-bond acceptors (Lipinski definition) is 5. The van der Waals surface area contributed by atoms with Crippen molar-refractivity contribution in [1.82, 2.24) is 19.7 Å². The largest absolute Gasteiger partial charge is 0.376 e. The summed E-state index contributed by atoms with van der Waals surface area (Å²) in [6.45, 7) is 3.56. The number of nitrogens with zero attached hydrogens (tertiary/aromatic N) is 3. The SMILES string of the molecule is CCc1cccc(NC(=O)CSc2nnc(-c3c[nH]c4ccccc34)n2CC2CCCO2)c1. The van der Waals surface area contributed by atoms with E-state index >= 15 is 0 Å². The van der Waals surface area contributed by atoms with E-state index in [4.69, 9.17) is 4.74 Å². The second kappa shape index (κ2) is 9.80. The summed E-state index contributed by atoms with van der Waals surface area (Å²) < 4.78 is 7.99. The van der Waals surface area contributed by atoms with Gasteiger partial charge in [-0.2, -0.15) is 0 Å². The molecule has 0 saturated carbocycles. The van der Waals surface area contributed by atoms with Gasteiger partial charge in [0.15, 0.2) is 11.0 Å². The summed E-state index contributed by atoms with van der Waals surface area (Å²) in [5.74, 6) is 0.989.